The van der Waals surface area contributed by atoms with E-state index in [0.29, 0.717) is 19.5 Å². The van der Waals surface area contributed by atoms with Crippen LogP contribution in [0.15, 0.2) is 0 Å². The van der Waals surface area contributed by atoms with E-state index in [-0.39, 0.29) is 23.8 Å². The zero-order valence-corrected chi connectivity index (χ0v) is 11.2. The van der Waals surface area contributed by atoms with Crippen LogP contribution in [-0.2, 0) is 4.79 Å². The maximum Gasteiger partial charge on any atom is 0.281 e. The molecule has 1 heterocycles. The molecule has 0 saturated carbocycles. The molecular weight excluding hydrogens is 240 g/mol. The van der Waals surface area contributed by atoms with Gasteiger partial charge in [0.2, 0.25) is 5.91 Å². The third-order valence-corrected chi connectivity index (χ3v) is 3.62. The topological polar surface area (TPSA) is 60.9 Å². The van der Waals surface area contributed by atoms with Crippen LogP contribution < -0.4 is 0 Å². The largest absolute Gasteiger partial charge is 0.395 e. The maximum atomic E-state index is 11.9. The summed E-state index contributed by atoms with van der Waals surface area (Å²) in [5.41, 5.74) is 0. The van der Waals surface area contributed by atoms with Gasteiger partial charge in [-0.05, 0) is 13.8 Å². The van der Waals surface area contributed by atoms with Crippen molar-refractivity contribution in [3.63, 3.8) is 0 Å². The first kappa shape index (κ1) is 14.3. The van der Waals surface area contributed by atoms with E-state index in [2.05, 4.69) is 0 Å². The number of rotatable bonds is 6. The molecule has 0 aromatic carbocycles. The van der Waals surface area contributed by atoms with E-state index in [4.69, 9.17) is 5.11 Å². The van der Waals surface area contributed by atoms with Crippen molar-refractivity contribution < 1.29 is 14.7 Å². The second-order valence-electron chi connectivity index (χ2n) is 4.26. The molecule has 0 bridgehead atoms. The Labute approximate surface area is 106 Å². The number of aliphatic hydroxyl groups is 1. The van der Waals surface area contributed by atoms with Gasteiger partial charge in [-0.15, -0.1) is 0 Å². The van der Waals surface area contributed by atoms with Crippen molar-refractivity contribution in [3.8, 4) is 0 Å². The van der Waals surface area contributed by atoms with E-state index < -0.39 is 0 Å². The van der Waals surface area contributed by atoms with Crippen molar-refractivity contribution in [3.05, 3.63) is 0 Å². The summed E-state index contributed by atoms with van der Waals surface area (Å²) in [6.45, 7) is 5.40. The molecule has 1 N–H and O–H groups in total. The highest BCUT2D eigenvalue weighted by atomic mass is 32.2. The summed E-state index contributed by atoms with van der Waals surface area (Å²) >= 11 is 1.30. The Kier molecular flexibility index (Phi) is 5.77. The summed E-state index contributed by atoms with van der Waals surface area (Å²) in [7, 11) is 0. The number of amides is 2. The minimum atomic E-state index is -0.0254. The highest BCUT2D eigenvalue weighted by Crippen LogP contribution is 2.17. The lowest BCUT2D eigenvalue weighted by atomic mass is 10.2. The van der Waals surface area contributed by atoms with E-state index in [1.54, 1.807) is 9.80 Å². The fraction of sp³-hybridized carbons (Fsp3) is 0.818. The summed E-state index contributed by atoms with van der Waals surface area (Å²) in [5, 5.41) is 8.96. The number of hydrogen-bond donors (Lipinski definition) is 1. The molecule has 98 valence electrons. The monoisotopic (exact) mass is 260 g/mol. The second-order valence-corrected chi connectivity index (χ2v) is 5.30. The van der Waals surface area contributed by atoms with Crippen LogP contribution in [0.2, 0.25) is 0 Å². The molecule has 1 saturated heterocycles. The van der Waals surface area contributed by atoms with Crippen molar-refractivity contribution in [2.24, 2.45) is 0 Å². The van der Waals surface area contributed by atoms with Gasteiger partial charge < -0.3 is 14.9 Å². The normalized spacial score (nSPS) is 15.8. The van der Waals surface area contributed by atoms with E-state index in [1.807, 2.05) is 13.8 Å². The lowest BCUT2D eigenvalue weighted by molar-refractivity contribution is -0.133. The number of carbonyl (C=O) groups excluding carboxylic acids is 2. The highest BCUT2D eigenvalue weighted by Gasteiger charge is 2.23. The van der Waals surface area contributed by atoms with Crippen molar-refractivity contribution in [2.45, 2.75) is 26.3 Å². The van der Waals surface area contributed by atoms with Gasteiger partial charge in [-0.25, -0.2) is 0 Å². The van der Waals surface area contributed by atoms with Gasteiger partial charge in [0.1, 0.15) is 0 Å². The van der Waals surface area contributed by atoms with Gasteiger partial charge in [-0.3, -0.25) is 9.59 Å². The molecule has 1 aliphatic heterocycles. The van der Waals surface area contributed by atoms with Gasteiger partial charge in [0, 0.05) is 37.8 Å². The van der Waals surface area contributed by atoms with Gasteiger partial charge in [0.15, 0.2) is 0 Å². The predicted octanol–water partition coefficient (Wildman–Crippen LogP) is 0.775. The molecular formula is C11H20N2O3S. The molecule has 5 nitrogen and oxygen atoms in total. The van der Waals surface area contributed by atoms with Crippen LogP contribution in [0.5, 0.6) is 0 Å². The van der Waals surface area contributed by atoms with E-state index in [0.717, 1.165) is 12.3 Å². The molecule has 1 aliphatic rings. The van der Waals surface area contributed by atoms with Crippen molar-refractivity contribution >= 4 is 22.9 Å². The molecule has 6 heteroatoms. The smallest absolute Gasteiger partial charge is 0.281 e. The number of hydrogen-bond acceptors (Lipinski definition) is 4. The lowest BCUT2D eigenvalue weighted by Crippen LogP contribution is -2.40. The number of nitrogens with zero attached hydrogens (tertiary/aromatic N) is 2. The minimum Gasteiger partial charge on any atom is -0.395 e. The van der Waals surface area contributed by atoms with Crippen LogP contribution in [0.3, 0.4) is 0 Å². The summed E-state index contributed by atoms with van der Waals surface area (Å²) in [5.74, 6) is 0.816. The Morgan fingerprint density at radius 3 is 2.76 bits per heavy atom. The van der Waals surface area contributed by atoms with Gasteiger partial charge in [0.05, 0.1) is 6.61 Å². The number of aliphatic hydroxyl groups excluding tert-OH is 1. The maximum absolute atomic E-state index is 11.9. The standard InChI is InChI=1S/C11H20N2O3S/c1-9(2)13(5-7-14)10(15)3-4-12-6-8-17-11(12)16/h9,14H,3-8H2,1-2H3. The first-order valence-electron chi connectivity index (χ1n) is 5.88. The van der Waals surface area contributed by atoms with Crippen LogP contribution in [-0.4, -0.2) is 64.1 Å². The van der Waals surface area contributed by atoms with E-state index in [9.17, 15) is 9.59 Å². The minimum absolute atomic E-state index is 0.00116. The number of thioether (sulfide) groups is 1. The van der Waals surface area contributed by atoms with E-state index >= 15 is 0 Å². The van der Waals surface area contributed by atoms with Gasteiger partial charge >= 0.3 is 0 Å². The van der Waals surface area contributed by atoms with Crippen LogP contribution in [0.25, 0.3) is 0 Å². The van der Waals surface area contributed by atoms with E-state index in [1.165, 1.54) is 11.8 Å². The fourth-order valence-corrected chi connectivity index (χ4v) is 2.63. The molecule has 17 heavy (non-hydrogen) atoms. The summed E-state index contributed by atoms with van der Waals surface area (Å²) in [6.07, 6.45) is 0.338. The third-order valence-electron chi connectivity index (χ3n) is 2.73. The zero-order valence-electron chi connectivity index (χ0n) is 10.4. The third kappa shape index (κ3) is 4.20. The number of carbonyl (C=O) groups is 2. The van der Waals surface area contributed by atoms with Crippen LogP contribution in [0, 0.1) is 0 Å². The summed E-state index contributed by atoms with van der Waals surface area (Å²) in [4.78, 5) is 26.6. The molecule has 0 aromatic rings. The van der Waals surface area contributed by atoms with Crippen molar-refractivity contribution in [1.82, 2.24) is 9.80 Å². The molecule has 2 amide bonds. The summed E-state index contributed by atoms with van der Waals surface area (Å²) in [6, 6.07) is 0.0818. The Bertz CT molecular complexity index is 284. The first-order chi connectivity index (χ1) is 8.06. The Hall–Kier alpha value is -0.750. The molecule has 1 rings (SSSR count). The first-order valence-corrected chi connectivity index (χ1v) is 6.87. The van der Waals surface area contributed by atoms with Gasteiger partial charge in [-0.2, -0.15) is 0 Å². The molecule has 0 radical (unpaired) electrons. The van der Waals surface area contributed by atoms with Gasteiger partial charge in [-0.1, -0.05) is 11.8 Å². The van der Waals surface area contributed by atoms with Gasteiger partial charge in [0.25, 0.3) is 5.24 Å². The zero-order chi connectivity index (χ0) is 12.8. The Morgan fingerprint density at radius 2 is 2.29 bits per heavy atom. The summed E-state index contributed by atoms with van der Waals surface area (Å²) < 4.78 is 0. The van der Waals surface area contributed by atoms with Crippen LogP contribution >= 0.6 is 11.8 Å². The predicted molar refractivity (Wildman–Crippen MR) is 68.0 cm³/mol. The van der Waals surface area contributed by atoms with Crippen LogP contribution in [0.1, 0.15) is 20.3 Å². The Balaban J connectivity index is 2.38. The average Bonchev–Trinajstić information content (AvgIpc) is 2.68. The Morgan fingerprint density at radius 1 is 1.59 bits per heavy atom. The average molecular weight is 260 g/mol. The van der Waals surface area contributed by atoms with Crippen molar-refractivity contribution in [2.75, 3.05) is 32.0 Å². The quantitative estimate of drug-likeness (QED) is 0.766. The molecule has 0 atom stereocenters. The molecule has 0 unspecified atom stereocenters. The molecule has 0 aromatic heterocycles. The van der Waals surface area contributed by atoms with Crippen molar-refractivity contribution in [1.29, 1.82) is 0 Å². The second kappa shape index (κ2) is 6.86. The molecule has 0 spiro atoms. The molecule has 0 aliphatic carbocycles. The lowest BCUT2D eigenvalue weighted by Gasteiger charge is -2.26. The van der Waals surface area contributed by atoms with Crippen LogP contribution in [0.4, 0.5) is 4.79 Å². The molecule has 1 fully saturated rings. The fourth-order valence-electron chi connectivity index (χ4n) is 1.78. The SMILES string of the molecule is CC(C)N(CCO)C(=O)CCN1CCSC1=O. The highest BCUT2D eigenvalue weighted by molar-refractivity contribution is 8.13.